The zero-order chi connectivity index (χ0) is 14.0. The fourth-order valence-corrected chi connectivity index (χ4v) is 4.27. The third-order valence-corrected chi connectivity index (χ3v) is 6.15. The normalized spacial score (nSPS) is 35.1. The average Bonchev–Trinajstić information content (AvgIpc) is 2.31. The van der Waals surface area contributed by atoms with Crippen molar-refractivity contribution >= 4 is 15.7 Å². The number of likely N-dealkylation sites (tertiary alicyclic amines) is 1. The van der Waals surface area contributed by atoms with Crippen molar-refractivity contribution in [1.82, 2.24) is 10.2 Å². The van der Waals surface area contributed by atoms with E-state index < -0.39 is 9.84 Å². The van der Waals surface area contributed by atoms with Crippen molar-refractivity contribution in [2.24, 2.45) is 11.8 Å². The number of piperidine rings is 1. The summed E-state index contributed by atoms with van der Waals surface area (Å²) in [5, 5.41) is 3.14. The lowest BCUT2D eigenvalue weighted by Crippen LogP contribution is -2.49. The number of carbonyl (C=O) groups is 1. The molecule has 0 spiro atoms. The van der Waals surface area contributed by atoms with Gasteiger partial charge >= 0.3 is 0 Å². The number of nitrogens with zero attached hydrogens (tertiary/aromatic N) is 1. The Morgan fingerprint density at radius 3 is 2.68 bits per heavy atom. The number of amides is 1. The van der Waals surface area contributed by atoms with Crippen LogP contribution in [0.25, 0.3) is 0 Å². The highest BCUT2D eigenvalue weighted by Crippen LogP contribution is 2.23. The topological polar surface area (TPSA) is 66.5 Å². The van der Waals surface area contributed by atoms with Gasteiger partial charge in [-0.3, -0.25) is 4.79 Å². The summed E-state index contributed by atoms with van der Waals surface area (Å²) >= 11 is 0. The Kier molecular flexibility index (Phi) is 4.50. The zero-order valence-electron chi connectivity index (χ0n) is 11.8. The van der Waals surface area contributed by atoms with E-state index in [1.54, 1.807) is 0 Å². The van der Waals surface area contributed by atoms with Gasteiger partial charge in [0.15, 0.2) is 9.84 Å². The van der Waals surface area contributed by atoms with Crippen molar-refractivity contribution in [3.05, 3.63) is 0 Å². The van der Waals surface area contributed by atoms with E-state index in [1.807, 2.05) is 4.90 Å². The Morgan fingerprint density at radius 2 is 2.05 bits per heavy atom. The second-order valence-corrected chi connectivity index (χ2v) is 8.28. The van der Waals surface area contributed by atoms with Crippen LogP contribution in [0.4, 0.5) is 0 Å². The summed E-state index contributed by atoms with van der Waals surface area (Å²) in [5.74, 6) is 1.57. The van der Waals surface area contributed by atoms with Gasteiger partial charge in [-0.2, -0.15) is 0 Å². The lowest BCUT2D eigenvalue weighted by Gasteiger charge is -2.36. The van der Waals surface area contributed by atoms with Gasteiger partial charge < -0.3 is 10.2 Å². The minimum Gasteiger partial charge on any atom is -0.342 e. The molecule has 2 aliphatic heterocycles. The average molecular weight is 288 g/mol. The smallest absolute Gasteiger partial charge is 0.224 e. The van der Waals surface area contributed by atoms with Gasteiger partial charge in [0.05, 0.1) is 11.5 Å². The van der Waals surface area contributed by atoms with Crippen LogP contribution in [0.2, 0.25) is 0 Å². The van der Waals surface area contributed by atoms with Gasteiger partial charge in [-0.15, -0.1) is 0 Å². The Labute approximate surface area is 115 Å². The van der Waals surface area contributed by atoms with Crippen molar-refractivity contribution < 1.29 is 13.2 Å². The van der Waals surface area contributed by atoms with Gasteiger partial charge in [0.25, 0.3) is 0 Å². The summed E-state index contributed by atoms with van der Waals surface area (Å²) in [6.07, 6.45) is 1.35. The lowest BCUT2D eigenvalue weighted by atomic mass is 9.88. The van der Waals surface area contributed by atoms with E-state index in [0.29, 0.717) is 24.8 Å². The first-order chi connectivity index (χ1) is 8.87. The second kappa shape index (κ2) is 5.79. The molecule has 3 atom stereocenters. The van der Waals surface area contributed by atoms with Crippen LogP contribution < -0.4 is 5.32 Å². The van der Waals surface area contributed by atoms with Crippen LogP contribution in [0.1, 0.15) is 26.7 Å². The predicted octanol–water partition coefficient (Wildman–Crippen LogP) is 0.268. The molecule has 0 bridgehead atoms. The van der Waals surface area contributed by atoms with Crippen molar-refractivity contribution in [3.63, 3.8) is 0 Å². The quantitative estimate of drug-likeness (QED) is 0.792. The highest BCUT2D eigenvalue weighted by Gasteiger charge is 2.30. The van der Waals surface area contributed by atoms with E-state index in [0.717, 1.165) is 19.5 Å². The van der Waals surface area contributed by atoms with Gasteiger partial charge in [-0.25, -0.2) is 8.42 Å². The molecule has 0 aliphatic carbocycles. The van der Waals surface area contributed by atoms with E-state index in [2.05, 4.69) is 19.2 Å². The Bertz CT molecular complexity index is 435. The van der Waals surface area contributed by atoms with Crippen molar-refractivity contribution in [1.29, 1.82) is 0 Å². The van der Waals surface area contributed by atoms with Crippen LogP contribution in [0.15, 0.2) is 0 Å². The molecule has 0 aromatic heterocycles. The van der Waals surface area contributed by atoms with Gasteiger partial charge in [0.1, 0.15) is 0 Å². The molecule has 2 saturated heterocycles. The molecular formula is C13H24N2O3S. The van der Waals surface area contributed by atoms with Crippen LogP contribution in [0.5, 0.6) is 0 Å². The highest BCUT2D eigenvalue weighted by molar-refractivity contribution is 7.91. The minimum atomic E-state index is -2.96. The van der Waals surface area contributed by atoms with E-state index in [1.165, 1.54) is 0 Å². The molecule has 2 fully saturated rings. The molecule has 2 aliphatic rings. The van der Waals surface area contributed by atoms with E-state index >= 15 is 0 Å². The molecule has 6 heteroatoms. The third kappa shape index (κ3) is 3.92. The lowest BCUT2D eigenvalue weighted by molar-refractivity contribution is -0.134. The first-order valence-electron chi connectivity index (χ1n) is 7.09. The fourth-order valence-electron chi connectivity index (χ4n) is 2.83. The van der Waals surface area contributed by atoms with E-state index in [-0.39, 0.29) is 23.5 Å². The van der Waals surface area contributed by atoms with Crippen LogP contribution >= 0.6 is 0 Å². The summed E-state index contributed by atoms with van der Waals surface area (Å²) in [5.41, 5.74) is 0. The number of rotatable bonds is 2. The zero-order valence-corrected chi connectivity index (χ0v) is 12.6. The van der Waals surface area contributed by atoms with Crippen molar-refractivity contribution in [2.45, 2.75) is 32.7 Å². The molecule has 5 nitrogen and oxygen atoms in total. The molecular weight excluding hydrogens is 264 g/mol. The molecule has 3 unspecified atom stereocenters. The van der Waals surface area contributed by atoms with Crippen LogP contribution in [0.3, 0.4) is 0 Å². The molecule has 110 valence electrons. The molecule has 1 N–H and O–H groups in total. The summed E-state index contributed by atoms with van der Waals surface area (Å²) < 4.78 is 23.1. The monoisotopic (exact) mass is 288 g/mol. The summed E-state index contributed by atoms with van der Waals surface area (Å²) in [6.45, 7) is 6.48. The van der Waals surface area contributed by atoms with Gasteiger partial charge in [0.2, 0.25) is 5.91 Å². The highest BCUT2D eigenvalue weighted by atomic mass is 32.2. The first kappa shape index (κ1) is 14.8. The van der Waals surface area contributed by atoms with Crippen LogP contribution in [0, 0.1) is 11.8 Å². The summed E-state index contributed by atoms with van der Waals surface area (Å²) in [7, 11) is -2.96. The SMILES string of the molecule is CC1CCN(C(=O)CC2CS(=O)(=O)CCN2)CC1C. The van der Waals surface area contributed by atoms with Gasteiger partial charge in [0, 0.05) is 32.1 Å². The maximum atomic E-state index is 12.2. The predicted molar refractivity (Wildman–Crippen MR) is 74.6 cm³/mol. The molecule has 0 radical (unpaired) electrons. The molecule has 1 amide bonds. The second-order valence-electron chi connectivity index (χ2n) is 6.05. The molecule has 2 rings (SSSR count). The van der Waals surface area contributed by atoms with Crippen molar-refractivity contribution in [3.8, 4) is 0 Å². The fraction of sp³-hybridized carbons (Fsp3) is 0.923. The molecule has 19 heavy (non-hydrogen) atoms. The standard InChI is InChI=1S/C13H24N2O3S/c1-10-3-5-15(8-11(10)2)13(16)7-12-9-19(17,18)6-4-14-12/h10-12,14H,3-9H2,1-2H3. The third-order valence-electron chi connectivity index (χ3n) is 4.41. The molecule has 2 heterocycles. The Hall–Kier alpha value is -0.620. The maximum Gasteiger partial charge on any atom is 0.224 e. The number of nitrogens with one attached hydrogen (secondary N) is 1. The first-order valence-corrected chi connectivity index (χ1v) is 8.91. The number of sulfone groups is 1. The maximum absolute atomic E-state index is 12.2. The number of carbonyl (C=O) groups excluding carboxylic acids is 1. The molecule has 0 saturated carbocycles. The Morgan fingerprint density at radius 1 is 1.32 bits per heavy atom. The van der Waals surface area contributed by atoms with Gasteiger partial charge in [-0.1, -0.05) is 13.8 Å². The largest absolute Gasteiger partial charge is 0.342 e. The Balaban J connectivity index is 1.87. The summed E-state index contributed by atoms with van der Waals surface area (Å²) in [6, 6.07) is -0.207. The minimum absolute atomic E-state index is 0.0911. The number of hydrogen-bond acceptors (Lipinski definition) is 4. The van der Waals surface area contributed by atoms with E-state index in [9.17, 15) is 13.2 Å². The molecule has 0 aromatic rings. The summed E-state index contributed by atoms with van der Waals surface area (Å²) in [4.78, 5) is 14.1. The van der Waals surface area contributed by atoms with E-state index in [4.69, 9.17) is 0 Å². The van der Waals surface area contributed by atoms with Gasteiger partial charge in [-0.05, 0) is 18.3 Å². The number of hydrogen-bond donors (Lipinski definition) is 1. The van der Waals surface area contributed by atoms with Crippen molar-refractivity contribution in [2.75, 3.05) is 31.1 Å². The van der Waals surface area contributed by atoms with Crippen LogP contribution in [-0.2, 0) is 14.6 Å². The molecule has 0 aromatic carbocycles. The van der Waals surface area contributed by atoms with Crippen LogP contribution in [-0.4, -0.2) is 56.4 Å².